The Morgan fingerprint density at radius 2 is 1.81 bits per heavy atom. The first-order chi connectivity index (χ1) is 9.15. The van der Waals surface area contributed by atoms with Crippen LogP contribution in [0.2, 0.25) is 0 Å². The Bertz CT molecular complexity index is 403. The molecule has 0 radical (unpaired) electrons. The van der Waals surface area contributed by atoms with Crippen molar-refractivity contribution in [2.45, 2.75) is 51.0 Å². The third-order valence-electron chi connectivity index (χ3n) is 3.28. The number of aliphatic hydroxyl groups is 3. The van der Waals surface area contributed by atoms with Crippen molar-refractivity contribution in [3.05, 3.63) is 0 Å². The molecule has 0 bridgehead atoms. The SMILES string of the molecule is CCC(C)COC1OC(CS(=O)(=O)[O-])C(O)C(O)C1O.[Na+]. The molecule has 1 aliphatic heterocycles. The first-order valence-electron chi connectivity index (χ1n) is 6.40. The molecule has 1 fully saturated rings. The van der Waals surface area contributed by atoms with Crippen LogP contribution in [0.1, 0.15) is 20.3 Å². The van der Waals surface area contributed by atoms with Crippen LogP contribution in [0.15, 0.2) is 0 Å². The maximum atomic E-state index is 10.7. The predicted octanol–water partition coefficient (Wildman–Crippen LogP) is -4.59. The first kappa shape index (κ1) is 21.7. The summed E-state index contributed by atoms with van der Waals surface area (Å²) in [7, 11) is -4.64. The molecule has 1 heterocycles. The molecule has 3 N–H and O–H groups in total. The van der Waals surface area contributed by atoms with E-state index in [-0.39, 0.29) is 42.1 Å². The first-order valence-corrected chi connectivity index (χ1v) is 7.98. The van der Waals surface area contributed by atoms with Gasteiger partial charge in [-0.25, -0.2) is 8.42 Å². The van der Waals surface area contributed by atoms with Gasteiger partial charge < -0.3 is 29.3 Å². The smallest absolute Gasteiger partial charge is 0.748 e. The molecular weight excluding hydrogens is 315 g/mol. The molecule has 6 unspecified atom stereocenters. The van der Waals surface area contributed by atoms with E-state index in [4.69, 9.17) is 9.47 Å². The van der Waals surface area contributed by atoms with E-state index in [0.717, 1.165) is 6.42 Å². The van der Waals surface area contributed by atoms with Crippen LogP contribution in [0.4, 0.5) is 0 Å². The minimum Gasteiger partial charge on any atom is -0.748 e. The topological polar surface area (TPSA) is 136 Å². The molecule has 0 aromatic rings. The van der Waals surface area contributed by atoms with Crippen LogP contribution in [-0.4, -0.2) is 71.4 Å². The van der Waals surface area contributed by atoms with Crippen molar-refractivity contribution in [1.29, 1.82) is 0 Å². The monoisotopic (exact) mass is 336 g/mol. The van der Waals surface area contributed by atoms with Crippen molar-refractivity contribution < 1.29 is 67.3 Å². The zero-order valence-corrected chi connectivity index (χ0v) is 15.2. The van der Waals surface area contributed by atoms with Crippen LogP contribution in [0.5, 0.6) is 0 Å². The summed E-state index contributed by atoms with van der Waals surface area (Å²) in [4.78, 5) is 0. The van der Waals surface area contributed by atoms with Gasteiger partial charge >= 0.3 is 29.6 Å². The molecule has 0 amide bonds. The fraction of sp³-hybridized carbons (Fsp3) is 1.00. The van der Waals surface area contributed by atoms with Crippen LogP contribution >= 0.6 is 0 Å². The number of aliphatic hydroxyl groups excluding tert-OH is 3. The van der Waals surface area contributed by atoms with E-state index in [1.54, 1.807) is 0 Å². The van der Waals surface area contributed by atoms with Gasteiger partial charge in [-0.3, -0.25) is 0 Å². The summed E-state index contributed by atoms with van der Waals surface area (Å²) in [5.74, 6) is -0.822. The third kappa shape index (κ3) is 6.78. The molecule has 0 spiro atoms. The van der Waals surface area contributed by atoms with Gasteiger partial charge in [-0.05, 0) is 5.92 Å². The minimum atomic E-state index is -4.64. The Morgan fingerprint density at radius 1 is 1.24 bits per heavy atom. The second-order valence-corrected chi connectivity index (χ2v) is 6.53. The van der Waals surface area contributed by atoms with E-state index >= 15 is 0 Å². The van der Waals surface area contributed by atoms with Gasteiger partial charge in [0.05, 0.1) is 22.5 Å². The zero-order chi connectivity index (χ0) is 15.5. The standard InChI is InChI=1S/C11H22O8S.Na/c1-3-6(2)4-18-11-10(14)9(13)8(12)7(19-11)5-20(15,16)17;/h6-14H,3-5H2,1-2H3,(H,15,16,17);/q;+1/p-1. The van der Waals surface area contributed by atoms with Crippen LogP contribution in [-0.2, 0) is 19.6 Å². The summed E-state index contributed by atoms with van der Waals surface area (Å²) in [6, 6.07) is 0. The molecule has 0 aromatic carbocycles. The van der Waals surface area contributed by atoms with Crippen molar-refractivity contribution in [3.63, 3.8) is 0 Å². The van der Waals surface area contributed by atoms with Gasteiger partial charge in [-0.2, -0.15) is 0 Å². The van der Waals surface area contributed by atoms with Crippen LogP contribution in [0, 0.1) is 5.92 Å². The molecule has 0 saturated carbocycles. The summed E-state index contributed by atoms with van der Waals surface area (Å²) in [6.07, 6.45) is -6.71. The molecule has 1 aliphatic rings. The molecule has 1 saturated heterocycles. The molecule has 120 valence electrons. The van der Waals surface area contributed by atoms with E-state index in [1.807, 2.05) is 13.8 Å². The second kappa shape index (κ2) is 9.11. The Hall–Kier alpha value is 0.710. The van der Waals surface area contributed by atoms with Gasteiger partial charge in [0.15, 0.2) is 6.29 Å². The van der Waals surface area contributed by atoms with E-state index in [2.05, 4.69) is 0 Å². The maximum absolute atomic E-state index is 10.7. The Labute approximate surface area is 146 Å². The zero-order valence-electron chi connectivity index (χ0n) is 12.4. The van der Waals surface area contributed by atoms with E-state index < -0.39 is 46.6 Å². The summed E-state index contributed by atoms with van der Waals surface area (Å²) < 4.78 is 42.5. The van der Waals surface area contributed by atoms with Gasteiger partial charge in [0.25, 0.3) is 0 Å². The van der Waals surface area contributed by atoms with E-state index in [1.165, 1.54) is 0 Å². The van der Waals surface area contributed by atoms with Gasteiger partial charge in [0, 0.05) is 0 Å². The Morgan fingerprint density at radius 3 is 2.29 bits per heavy atom. The molecule has 0 aromatic heterocycles. The Kier molecular flexibility index (Phi) is 9.42. The molecular formula is C11H21NaO8S. The van der Waals surface area contributed by atoms with Crippen LogP contribution in [0.25, 0.3) is 0 Å². The third-order valence-corrected chi connectivity index (χ3v) is 4.02. The number of rotatable bonds is 6. The fourth-order valence-corrected chi connectivity index (χ4v) is 2.45. The molecule has 10 heteroatoms. The van der Waals surface area contributed by atoms with Crippen molar-refractivity contribution in [2.75, 3.05) is 12.4 Å². The predicted molar refractivity (Wildman–Crippen MR) is 66.7 cm³/mol. The molecule has 21 heavy (non-hydrogen) atoms. The number of hydrogen-bond donors (Lipinski definition) is 3. The average molecular weight is 336 g/mol. The van der Waals surface area contributed by atoms with Gasteiger partial charge in [-0.15, -0.1) is 0 Å². The summed E-state index contributed by atoms with van der Waals surface area (Å²) in [5.41, 5.74) is 0. The van der Waals surface area contributed by atoms with E-state index in [0.29, 0.717) is 0 Å². The normalized spacial score (nSPS) is 35.0. The van der Waals surface area contributed by atoms with Gasteiger partial charge in [0.1, 0.15) is 24.4 Å². The van der Waals surface area contributed by atoms with Crippen molar-refractivity contribution >= 4 is 10.1 Å². The summed E-state index contributed by atoms with van der Waals surface area (Å²) >= 11 is 0. The number of hydrogen-bond acceptors (Lipinski definition) is 8. The largest absolute Gasteiger partial charge is 1.00 e. The van der Waals surface area contributed by atoms with Gasteiger partial charge in [0.2, 0.25) is 0 Å². The van der Waals surface area contributed by atoms with Crippen molar-refractivity contribution in [2.24, 2.45) is 5.92 Å². The molecule has 6 atom stereocenters. The summed E-state index contributed by atoms with van der Waals surface area (Å²) in [5, 5.41) is 29.0. The molecule has 0 aliphatic carbocycles. The van der Waals surface area contributed by atoms with Crippen LogP contribution in [0.3, 0.4) is 0 Å². The fourth-order valence-electron chi connectivity index (χ4n) is 1.77. The van der Waals surface area contributed by atoms with Crippen molar-refractivity contribution in [1.82, 2.24) is 0 Å². The van der Waals surface area contributed by atoms with Gasteiger partial charge in [-0.1, -0.05) is 20.3 Å². The average Bonchev–Trinajstić information content (AvgIpc) is 2.36. The molecule has 1 rings (SSSR count). The van der Waals surface area contributed by atoms with Crippen LogP contribution < -0.4 is 29.6 Å². The summed E-state index contributed by atoms with van der Waals surface area (Å²) in [6.45, 7) is 4.08. The quantitative estimate of drug-likeness (QED) is 0.326. The van der Waals surface area contributed by atoms with E-state index in [9.17, 15) is 28.3 Å². The Balaban J connectivity index is 0.00000400. The second-order valence-electron chi connectivity index (χ2n) is 5.09. The van der Waals surface area contributed by atoms with Crippen molar-refractivity contribution in [3.8, 4) is 0 Å². The molecule has 8 nitrogen and oxygen atoms in total. The number of ether oxygens (including phenoxy) is 2. The minimum absolute atomic E-state index is 0. The maximum Gasteiger partial charge on any atom is 1.00 e.